The number of nitrogens with one attached hydrogen (secondary N) is 1. The molecular formula is C12H17ClFNO2. The SMILES string of the molecule is COCC(CCO)NCc1cccc(Cl)c1F. The first-order valence-corrected chi connectivity index (χ1v) is 5.83. The minimum absolute atomic E-state index is 0.00313. The fourth-order valence-electron chi connectivity index (χ4n) is 1.54. The van der Waals surface area contributed by atoms with Crippen LogP contribution in [0.15, 0.2) is 18.2 Å². The lowest BCUT2D eigenvalue weighted by Gasteiger charge is -2.17. The molecule has 0 radical (unpaired) electrons. The van der Waals surface area contributed by atoms with Gasteiger partial charge in [-0.2, -0.15) is 0 Å². The first-order valence-electron chi connectivity index (χ1n) is 5.45. The van der Waals surface area contributed by atoms with Crippen molar-refractivity contribution in [3.63, 3.8) is 0 Å². The third kappa shape index (κ3) is 4.60. The van der Waals surface area contributed by atoms with Crippen molar-refractivity contribution in [3.8, 4) is 0 Å². The molecule has 96 valence electrons. The Hall–Kier alpha value is -0.680. The number of benzene rings is 1. The van der Waals surface area contributed by atoms with Crippen LogP contribution in [0.2, 0.25) is 5.02 Å². The number of halogens is 2. The van der Waals surface area contributed by atoms with E-state index in [1.54, 1.807) is 19.2 Å². The lowest BCUT2D eigenvalue weighted by molar-refractivity contribution is 0.148. The van der Waals surface area contributed by atoms with E-state index in [4.69, 9.17) is 21.4 Å². The van der Waals surface area contributed by atoms with Crippen LogP contribution in [0.3, 0.4) is 0 Å². The molecule has 1 rings (SSSR count). The first-order chi connectivity index (χ1) is 8.19. The second kappa shape index (κ2) is 7.61. The highest BCUT2D eigenvalue weighted by Gasteiger charge is 2.10. The summed E-state index contributed by atoms with van der Waals surface area (Å²) in [6.45, 7) is 0.905. The van der Waals surface area contributed by atoms with Crippen molar-refractivity contribution >= 4 is 11.6 Å². The zero-order valence-corrected chi connectivity index (χ0v) is 10.5. The summed E-state index contributed by atoms with van der Waals surface area (Å²) in [5.41, 5.74) is 0.511. The highest BCUT2D eigenvalue weighted by atomic mass is 35.5. The number of ether oxygens (including phenoxy) is 1. The van der Waals surface area contributed by atoms with Crippen LogP contribution in [-0.2, 0) is 11.3 Å². The lowest BCUT2D eigenvalue weighted by Crippen LogP contribution is -2.33. The Morgan fingerprint density at radius 3 is 2.94 bits per heavy atom. The van der Waals surface area contributed by atoms with Crippen molar-refractivity contribution in [1.29, 1.82) is 0 Å². The summed E-state index contributed by atoms with van der Waals surface area (Å²) in [4.78, 5) is 0. The summed E-state index contributed by atoms with van der Waals surface area (Å²) < 4.78 is 18.6. The topological polar surface area (TPSA) is 41.5 Å². The Kier molecular flexibility index (Phi) is 6.44. The molecule has 0 aliphatic rings. The van der Waals surface area contributed by atoms with Gasteiger partial charge in [-0.1, -0.05) is 23.7 Å². The molecule has 2 N–H and O–H groups in total. The lowest BCUT2D eigenvalue weighted by atomic mass is 10.1. The molecule has 1 atom stereocenters. The summed E-state index contributed by atoms with van der Waals surface area (Å²) in [5, 5.41) is 12.1. The van der Waals surface area contributed by atoms with Crippen LogP contribution < -0.4 is 5.32 Å². The standard InChI is InChI=1S/C12H17ClFNO2/c1-17-8-10(5-6-16)15-7-9-3-2-4-11(13)12(9)14/h2-4,10,15-16H,5-8H2,1H3. The van der Waals surface area contributed by atoms with Gasteiger partial charge in [0.25, 0.3) is 0 Å². The van der Waals surface area contributed by atoms with Gasteiger partial charge in [0.2, 0.25) is 0 Å². The maximum Gasteiger partial charge on any atom is 0.146 e. The van der Waals surface area contributed by atoms with Crippen LogP contribution in [0.5, 0.6) is 0 Å². The van der Waals surface area contributed by atoms with Crippen molar-refractivity contribution in [2.45, 2.75) is 19.0 Å². The monoisotopic (exact) mass is 261 g/mol. The second-order valence-corrected chi connectivity index (χ2v) is 4.17. The van der Waals surface area contributed by atoms with Gasteiger partial charge in [-0.3, -0.25) is 0 Å². The molecule has 0 amide bonds. The number of aliphatic hydroxyl groups is 1. The van der Waals surface area contributed by atoms with Crippen LogP contribution in [0.1, 0.15) is 12.0 Å². The number of hydrogen-bond acceptors (Lipinski definition) is 3. The quantitative estimate of drug-likeness (QED) is 0.789. The van der Waals surface area contributed by atoms with Crippen LogP contribution in [0.4, 0.5) is 4.39 Å². The summed E-state index contributed by atoms with van der Waals surface area (Å²) in [5.74, 6) is -0.401. The Labute approximate surface area is 106 Å². The van der Waals surface area contributed by atoms with E-state index in [1.807, 2.05) is 0 Å². The van der Waals surface area contributed by atoms with Crippen LogP contribution in [-0.4, -0.2) is 31.5 Å². The highest BCUT2D eigenvalue weighted by molar-refractivity contribution is 6.30. The van der Waals surface area contributed by atoms with E-state index >= 15 is 0 Å². The van der Waals surface area contributed by atoms with Gasteiger partial charge >= 0.3 is 0 Å². The molecule has 17 heavy (non-hydrogen) atoms. The van der Waals surface area contributed by atoms with Gasteiger partial charge in [0.15, 0.2) is 0 Å². The molecule has 0 fully saturated rings. The van der Waals surface area contributed by atoms with E-state index in [-0.39, 0.29) is 17.7 Å². The fourth-order valence-corrected chi connectivity index (χ4v) is 1.73. The van der Waals surface area contributed by atoms with Crippen molar-refractivity contribution in [2.75, 3.05) is 20.3 Å². The molecule has 0 aliphatic carbocycles. The number of aliphatic hydroxyl groups excluding tert-OH is 1. The van der Waals surface area contributed by atoms with Crippen molar-refractivity contribution in [1.82, 2.24) is 5.32 Å². The Morgan fingerprint density at radius 2 is 2.29 bits per heavy atom. The smallest absolute Gasteiger partial charge is 0.146 e. The molecule has 1 unspecified atom stereocenters. The largest absolute Gasteiger partial charge is 0.396 e. The minimum Gasteiger partial charge on any atom is -0.396 e. The molecule has 0 aliphatic heterocycles. The Bertz CT molecular complexity index is 343. The molecule has 5 heteroatoms. The summed E-state index contributed by atoms with van der Waals surface area (Å²) in [6, 6.07) is 4.90. The molecule has 1 aromatic carbocycles. The molecule has 0 saturated heterocycles. The van der Waals surface area contributed by atoms with E-state index in [2.05, 4.69) is 5.32 Å². The normalized spacial score (nSPS) is 12.7. The minimum atomic E-state index is -0.401. The molecular weight excluding hydrogens is 245 g/mol. The molecule has 0 bridgehead atoms. The van der Waals surface area contributed by atoms with E-state index in [9.17, 15) is 4.39 Å². The second-order valence-electron chi connectivity index (χ2n) is 3.76. The van der Waals surface area contributed by atoms with Gasteiger partial charge in [-0.15, -0.1) is 0 Å². The Morgan fingerprint density at radius 1 is 1.53 bits per heavy atom. The van der Waals surface area contributed by atoms with Gasteiger partial charge in [-0.25, -0.2) is 4.39 Å². The maximum atomic E-state index is 13.6. The van der Waals surface area contributed by atoms with E-state index in [0.717, 1.165) is 0 Å². The predicted molar refractivity (Wildman–Crippen MR) is 65.6 cm³/mol. The molecule has 0 heterocycles. The van der Waals surface area contributed by atoms with Crippen molar-refractivity contribution in [2.24, 2.45) is 0 Å². The number of hydrogen-bond donors (Lipinski definition) is 2. The van der Waals surface area contributed by atoms with E-state index in [0.29, 0.717) is 25.1 Å². The van der Waals surface area contributed by atoms with Gasteiger partial charge < -0.3 is 15.2 Å². The summed E-state index contributed by atoms with van der Waals surface area (Å²) in [7, 11) is 1.59. The van der Waals surface area contributed by atoms with Crippen molar-refractivity contribution in [3.05, 3.63) is 34.6 Å². The molecule has 0 spiro atoms. The first kappa shape index (κ1) is 14.4. The number of rotatable bonds is 7. The third-order valence-corrected chi connectivity index (χ3v) is 2.75. The molecule has 0 aromatic heterocycles. The van der Waals surface area contributed by atoms with Crippen LogP contribution >= 0.6 is 11.6 Å². The van der Waals surface area contributed by atoms with E-state index < -0.39 is 5.82 Å². The zero-order chi connectivity index (χ0) is 12.7. The fraction of sp³-hybridized carbons (Fsp3) is 0.500. The average Bonchev–Trinajstić information content (AvgIpc) is 2.31. The zero-order valence-electron chi connectivity index (χ0n) is 9.75. The summed E-state index contributed by atoms with van der Waals surface area (Å²) >= 11 is 5.68. The Balaban J connectivity index is 2.55. The molecule has 0 saturated carbocycles. The predicted octanol–water partition coefficient (Wildman–Crippen LogP) is 1.97. The number of methoxy groups -OCH3 is 1. The summed E-state index contributed by atoms with van der Waals surface area (Å²) in [6.07, 6.45) is 0.566. The van der Waals surface area contributed by atoms with Gasteiger partial charge in [0.1, 0.15) is 5.82 Å². The highest BCUT2D eigenvalue weighted by Crippen LogP contribution is 2.17. The van der Waals surface area contributed by atoms with Crippen LogP contribution in [0, 0.1) is 5.82 Å². The van der Waals surface area contributed by atoms with Gasteiger partial charge in [-0.05, 0) is 12.5 Å². The third-order valence-electron chi connectivity index (χ3n) is 2.46. The van der Waals surface area contributed by atoms with Gasteiger partial charge in [0.05, 0.1) is 11.6 Å². The van der Waals surface area contributed by atoms with Crippen LogP contribution in [0.25, 0.3) is 0 Å². The van der Waals surface area contributed by atoms with Gasteiger partial charge in [0, 0.05) is 31.9 Å². The van der Waals surface area contributed by atoms with E-state index in [1.165, 1.54) is 6.07 Å². The molecule has 3 nitrogen and oxygen atoms in total. The maximum absolute atomic E-state index is 13.6. The average molecular weight is 262 g/mol. The van der Waals surface area contributed by atoms with Crippen molar-refractivity contribution < 1.29 is 14.2 Å². The molecule has 1 aromatic rings.